The van der Waals surface area contributed by atoms with Gasteiger partial charge in [-0.15, -0.1) is 0 Å². The Morgan fingerprint density at radius 3 is 2.81 bits per heavy atom. The van der Waals surface area contributed by atoms with Crippen LogP contribution in [-0.4, -0.2) is 18.6 Å². The first-order valence-corrected chi connectivity index (χ1v) is 4.71. The molecule has 1 N–H and O–H groups in total. The summed E-state index contributed by atoms with van der Waals surface area (Å²) in [6, 6.07) is 2.76. The van der Waals surface area contributed by atoms with Crippen molar-refractivity contribution in [2.75, 3.05) is 13.6 Å². The molecule has 0 spiro atoms. The number of halogens is 3. The monoisotopic (exact) mass is 228 g/mol. The largest absolute Gasteiger partial charge is 0.434 e. The molecule has 0 aliphatic heterocycles. The highest BCUT2D eigenvalue weighted by molar-refractivity contribution is 5.38. The molecular formula is C11H11F3N2. The molecule has 1 aromatic heterocycles. The van der Waals surface area contributed by atoms with Crippen molar-refractivity contribution in [1.29, 1.82) is 0 Å². The predicted molar refractivity (Wildman–Crippen MR) is 54.7 cm³/mol. The summed E-state index contributed by atoms with van der Waals surface area (Å²) in [7, 11) is 1.76. The minimum atomic E-state index is -4.45. The van der Waals surface area contributed by atoms with Gasteiger partial charge in [0.1, 0.15) is 0 Å². The molecule has 0 atom stereocenters. The molecule has 1 aromatic rings. The maximum atomic E-state index is 12.5. The van der Waals surface area contributed by atoms with Gasteiger partial charge in [-0.1, -0.05) is 11.8 Å². The molecule has 16 heavy (non-hydrogen) atoms. The Hall–Kier alpha value is -1.54. The number of hydrogen-bond donors (Lipinski definition) is 1. The van der Waals surface area contributed by atoms with Crippen molar-refractivity contribution in [1.82, 2.24) is 10.3 Å². The average molecular weight is 228 g/mol. The number of alkyl halides is 3. The lowest BCUT2D eigenvalue weighted by atomic mass is 10.2. The van der Waals surface area contributed by atoms with Gasteiger partial charge < -0.3 is 5.32 Å². The van der Waals surface area contributed by atoms with Crippen LogP contribution < -0.4 is 5.32 Å². The fourth-order valence-electron chi connectivity index (χ4n) is 1.08. The van der Waals surface area contributed by atoms with E-state index in [-0.39, 0.29) is 5.56 Å². The van der Waals surface area contributed by atoms with Crippen molar-refractivity contribution in [3.8, 4) is 11.8 Å². The molecule has 86 valence electrons. The zero-order valence-corrected chi connectivity index (χ0v) is 8.73. The zero-order valence-electron chi connectivity index (χ0n) is 8.73. The summed E-state index contributed by atoms with van der Waals surface area (Å²) >= 11 is 0. The van der Waals surface area contributed by atoms with Gasteiger partial charge in [-0.3, -0.25) is 4.98 Å². The van der Waals surface area contributed by atoms with E-state index >= 15 is 0 Å². The van der Waals surface area contributed by atoms with Gasteiger partial charge in [0.2, 0.25) is 0 Å². The van der Waals surface area contributed by atoms with Crippen molar-refractivity contribution in [3.05, 3.63) is 29.6 Å². The maximum absolute atomic E-state index is 12.5. The highest BCUT2D eigenvalue weighted by atomic mass is 19.4. The fraction of sp³-hybridized carbons (Fsp3) is 0.364. The Morgan fingerprint density at radius 1 is 1.44 bits per heavy atom. The van der Waals surface area contributed by atoms with Gasteiger partial charge >= 0.3 is 6.18 Å². The lowest BCUT2D eigenvalue weighted by molar-refractivity contribution is -0.141. The Kier molecular flexibility index (Phi) is 4.32. The highest BCUT2D eigenvalue weighted by Crippen LogP contribution is 2.29. The van der Waals surface area contributed by atoms with E-state index < -0.39 is 11.9 Å². The Morgan fingerprint density at radius 2 is 2.19 bits per heavy atom. The zero-order chi connectivity index (χ0) is 12.0. The molecule has 5 heteroatoms. The minimum Gasteiger partial charge on any atom is -0.319 e. The van der Waals surface area contributed by atoms with Gasteiger partial charge in [-0.2, -0.15) is 13.2 Å². The number of hydrogen-bond acceptors (Lipinski definition) is 2. The van der Waals surface area contributed by atoms with Gasteiger partial charge in [0.05, 0.1) is 5.56 Å². The van der Waals surface area contributed by atoms with E-state index in [9.17, 15) is 13.2 Å². The number of pyridine rings is 1. The van der Waals surface area contributed by atoms with E-state index in [1.165, 1.54) is 12.1 Å². The summed E-state index contributed by atoms with van der Waals surface area (Å²) in [6.45, 7) is 0.647. The molecule has 0 saturated carbocycles. The number of rotatable bonds is 2. The Bertz CT molecular complexity index is 402. The lowest BCUT2D eigenvalue weighted by Crippen LogP contribution is -2.10. The predicted octanol–water partition coefficient (Wildman–Crippen LogP) is 2.06. The molecule has 0 unspecified atom stereocenters. The minimum absolute atomic E-state index is 0.0777. The van der Waals surface area contributed by atoms with E-state index in [0.29, 0.717) is 13.0 Å². The molecule has 1 rings (SSSR count). The second-order valence-corrected chi connectivity index (χ2v) is 3.05. The maximum Gasteiger partial charge on any atom is 0.434 e. The number of nitrogens with zero attached hydrogens (tertiary/aromatic N) is 1. The third-order valence-electron chi connectivity index (χ3n) is 1.80. The van der Waals surface area contributed by atoms with Crippen molar-refractivity contribution in [3.63, 3.8) is 0 Å². The normalized spacial score (nSPS) is 10.8. The molecular weight excluding hydrogens is 217 g/mol. The molecule has 0 aliphatic carbocycles. The van der Waals surface area contributed by atoms with Gasteiger partial charge in [0, 0.05) is 19.2 Å². The summed E-state index contributed by atoms with van der Waals surface area (Å²) in [4.78, 5) is 3.31. The third-order valence-corrected chi connectivity index (χ3v) is 1.80. The third kappa shape index (κ3) is 3.55. The topological polar surface area (TPSA) is 24.9 Å². The van der Waals surface area contributed by atoms with Crippen LogP contribution in [0.1, 0.15) is 17.7 Å². The van der Waals surface area contributed by atoms with Crippen molar-refractivity contribution in [2.45, 2.75) is 12.6 Å². The SMILES string of the molecule is CNCCC#Cc1cccnc1C(F)(F)F. The van der Waals surface area contributed by atoms with E-state index in [4.69, 9.17) is 0 Å². The van der Waals surface area contributed by atoms with Gasteiger partial charge in [-0.05, 0) is 19.2 Å². The average Bonchev–Trinajstić information content (AvgIpc) is 2.24. The summed E-state index contributed by atoms with van der Waals surface area (Å²) in [6.07, 6.45) is -2.83. The summed E-state index contributed by atoms with van der Waals surface area (Å²) in [5, 5.41) is 2.86. The van der Waals surface area contributed by atoms with Crippen molar-refractivity contribution < 1.29 is 13.2 Å². The van der Waals surface area contributed by atoms with Gasteiger partial charge in [-0.25, -0.2) is 0 Å². The van der Waals surface area contributed by atoms with Crippen LogP contribution in [0.5, 0.6) is 0 Å². The first-order valence-electron chi connectivity index (χ1n) is 4.71. The lowest BCUT2D eigenvalue weighted by Gasteiger charge is -2.06. The van der Waals surface area contributed by atoms with Crippen molar-refractivity contribution >= 4 is 0 Å². The van der Waals surface area contributed by atoms with Crippen LogP contribution in [0.3, 0.4) is 0 Å². The Balaban J connectivity index is 2.90. The van der Waals surface area contributed by atoms with E-state index in [1.807, 2.05) is 0 Å². The van der Waals surface area contributed by atoms with Crippen molar-refractivity contribution in [2.24, 2.45) is 0 Å². The molecule has 0 fully saturated rings. The van der Waals surface area contributed by atoms with E-state index in [2.05, 4.69) is 22.1 Å². The number of aromatic nitrogens is 1. The summed E-state index contributed by atoms with van der Waals surface area (Å²) < 4.78 is 37.4. The van der Waals surface area contributed by atoms with Crippen LogP contribution in [0.2, 0.25) is 0 Å². The summed E-state index contributed by atoms with van der Waals surface area (Å²) in [5.41, 5.74) is -1.00. The number of nitrogens with one attached hydrogen (secondary N) is 1. The molecule has 0 amide bonds. The molecule has 0 bridgehead atoms. The molecule has 1 heterocycles. The molecule has 0 aliphatic rings. The van der Waals surface area contributed by atoms with Crippen LogP contribution >= 0.6 is 0 Å². The van der Waals surface area contributed by atoms with Crippen LogP contribution in [0, 0.1) is 11.8 Å². The fourth-order valence-corrected chi connectivity index (χ4v) is 1.08. The van der Waals surface area contributed by atoms with Crippen LogP contribution in [0.4, 0.5) is 13.2 Å². The smallest absolute Gasteiger partial charge is 0.319 e. The van der Waals surface area contributed by atoms with E-state index in [0.717, 1.165) is 6.20 Å². The van der Waals surface area contributed by atoms with E-state index in [1.54, 1.807) is 7.05 Å². The second kappa shape index (κ2) is 5.52. The highest BCUT2D eigenvalue weighted by Gasteiger charge is 2.34. The van der Waals surface area contributed by atoms with Crippen LogP contribution in [0.15, 0.2) is 18.3 Å². The van der Waals surface area contributed by atoms with Crippen LogP contribution in [-0.2, 0) is 6.18 Å². The first kappa shape index (κ1) is 12.5. The van der Waals surface area contributed by atoms with Crippen LogP contribution in [0.25, 0.3) is 0 Å². The quantitative estimate of drug-likeness (QED) is 0.619. The second-order valence-electron chi connectivity index (χ2n) is 3.05. The molecule has 0 saturated heterocycles. The molecule has 0 aromatic carbocycles. The summed E-state index contributed by atoms with van der Waals surface area (Å²) in [5.74, 6) is 5.14. The van der Waals surface area contributed by atoms with Gasteiger partial charge in [0.25, 0.3) is 0 Å². The first-order chi connectivity index (χ1) is 7.55. The molecule has 2 nitrogen and oxygen atoms in total. The Labute approximate surface area is 91.9 Å². The molecule has 0 radical (unpaired) electrons. The van der Waals surface area contributed by atoms with Gasteiger partial charge in [0.15, 0.2) is 5.69 Å². The standard InChI is InChI=1S/C11H11F3N2/c1-15-7-3-2-5-9-6-4-8-16-10(9)11(12,13)14/h4,6,8,15H,3,7H2,1H3.